The molecule has 49 heavy (non-hydrogen) atoms. The van der Waals surface area contributed by atoms with E-state index < -0.39 is 5.24 Å². The lowest BCUT2D eigenvalue weighted by molar-refractivity contribution is 0.100. The predicted octanol–water partition coefficient (Wildman–Crippen LogP) is 9.74. The van der Waals surface area contributed by atoms with Gasteiger partial charge in [-0.2, -0.15) is 0 Å². The number of carbonyl (C=O) groups excluding carboxylic acids is 4. The van der Waals surface area contributed by atoms with Crippen LogP contribution in [0.3, 0.4) is 0 Å². The quantitative estimate of drug-likeness (QED) is 0.0973. The summed E-state index contributed by atoms with van der Waals surface area (Å²) in [6.07, 6.45) is 0. The number of halogens is 1. The van der Waals surface area contributed by atoms with Crippen LogP contribution in [0.15, 0.2) is 35.0 Å². The summed E-state index contributed by atoms with van der Waals surface area (Å²) >= 11 is 7.82. The minimum absolute atomic E-state index is 0. The van der Waals surface area contributed by atoms with E-state index in [0.29, 0.717) is 55.5 Å². The minimum atomic E-state index is -0.470. The van der Waals surface area contributed by atoms with Gasteiger partial charge >= 0.3 is 0 Å². The topological polar surface area (TPSA) is 151 Å². The molecule has 2 aromatic carbocycles. The highest BCUT2D eigenvalue weighted by Gasteiger charge is 2.19. The molecule has 3 N–H and O–H groups in total. The van der Waals surface area contributed by atoms with Crippen LogP contribution in [-0.4, -0.2) is 46.9 Å². The van der Waals surface area contributed by atoms with Gasteiger partial charge in [-0.05, 0) is 75.4 Å². The lowest BCUT2D eigenvalue weighted by atomic mass is 10.0. The molecule has 2 aromatic heterocycles. The molecule has 4 rings (SSSR count). The maximum absolute atomic E-state index is 12.5. The molecule has 4 aromatic rings. The van der Waals surface area contributed by atoms with Gasteiger partial charge in [-0.1, -0.05) is 42.5 Å². The van der Waals surface area contributed by atoms with Gasteiger partial charge in [0.05, 0.1) is 31.3 Å². The largest absolute Gasteiger partial charge is 0.496 e. The number of amides is 1. The fourth-order valence-electron chi connectivity index (χ4n) is 4.07. The van der Waals surface area contributed by atoms with E-state index in [4.69, 9.17) is 26.8 Å². The van der Waals surface area contributed by atoms with E-state index in [2.05, 4.69) is 15.3 Å². The molecule has 2 heterocycles. The first kappa shape index (κ1) is 44.9. The number of nitrogen functional groups attached to an aromatic ring is 1. The van der Waals surface area contributed by atoms with Gasteiger partial charge in [0.2, 0.25) is 0 Å². The van der Waals surface area contributed by atoms with Gasteiger partial charge in [0, 0.05) is 38.7 Å². The lowest BCUT2D eigenvalue weighted by Crippen LogP contribution is -2.16. The fraction of sp³-hybridized carbons (Fsp3) is 0.389. The van der Waals surface area contributed by atoms with E-state index in [1.54, 1.807) is 38.5 Å². The van der Waals surface area contributed by atoms with Crippen molar-refractivity contribution in [2.75, 3.05) is 25.3 Å². The number of ketones is 2. The molecule has 13 heteroatoms. The van der Waals surface area contributed by atoms with Gasteiger partial charge in [0.1, 0.15) is 11.5 Å². The highest BCUT2D eigenvalue weighted by atomic mass is 35.5. The summed E-state index contributed by atoms with van der Waals surface area (Å²) in [6, 6.07) is 6.82. The number of rotatable bonds is 9. The predicted molar refractivity (Wildman–Crippen MR) is 204 cm³/mol. The summed E-state index contributed by atoms with van der Waals surface area (Å²) in [7, 11) is 3.13. The second-order valence-electron chi connectivity index (χ2n) is 11.0. The summed E-state index contributed by atoms with van der Waals surface area (Å²) in [6.45, 7) is 14.7. The van der Waals surface area contributed by atoms with Crippen molar-refractivity contribution in [2.45, 2.75) is 82.1 Å². The van der Waals surface area contributed by atoms with Crippen LogP contribution in [0.2, 0.25) is 0 Å². The molecule has 0 atom stereocenters. The molecule has 0 aliphatic carbocycles. The van der Waals surface area contributed by atoms with Crippen LogP contribution in [-0.2, 0) is 0 Å². The van der Waals surface area contributed by atoms with Crippen LogP contribution < -0.4 is 20.5 Å². The first-order chi connectivity index (χ1) is 22.0. The third kappa shape index (κ3) is 12.1. The fourth-order valence-corrected chi connectivity index (χ4v) is 5.93. The summed E-state index contributed by atoms with van der Waals surface area (Å²) < 4.78 is 10.3. The number of hydrogen-bond acceptors (Lipinski definition) is 11. The molecule has 0 aliphatic rings. The second-order valence-corrected chi connectivity index (χ2v) is 13.0. The van der Waals surface area contributed by atoms with Gasteiger partial charge in [0.15, 0.2) is 21.6 Å². The molecule has 10 nitrogen and oxygen atoms in total. The Hall–Kier alpha value is -4.13. The van der Waals surface area contributed by atoms with Crippen molar-refractivity contribution in [2.24, 2.45) is 0 Å². The number of ether oxygens (including phenoxy) is 2. The number of aromatic nitrogens is 2. The summed E-state index contributed by atoms with van der Waals surface area (Å²) in [5.74, 6) is 1.49. The van der Waals surface area contributed by atoms with Gasteiger partial charge in [-0.15, -0.1) is 22.7 Å². The van der Waals surface area contributed by atoms with Crippen molar-refractivity contribution in [1.29, 1.82) is 0 Å². The third-order valence-corrected chi connectivity index (χ3v) is 8.92. The van der Waals surface area contributed by atoms with Crippen molar-refractivity contribution in [3.8, 4) is 11.5 Å². The molecule has 0 aliphatic heterocycles. The number of nitrogens with one attached hydrogen (secondary N) is 1. The molecule has 0 saturated heterocycles. The SMILES string of the molecule is C.C.CC(C)c1csc(C(=O)Cl)n1.COc1ccc(C(C)=O)c(N)c1C.COc1ccc(C(C)=O)c(NC(=O)c2nc(C(C)C)cs2)c1C. The van der Waals surface area contributed by atoms with Crippen molar-refractivity contribution in [3.05, 3.63) is 78.7 Å². The standard InChI is InChI=1S/C17H20N2O3S.C10H13NO2.C7H8ClNOS.2CH4/c1-9(2)13-8-23-17(18-13)16(21)19-15-10(3)14(22-5)7-6-12(15)11(4)20;1-6-9(13-3)5-4-8(7(2)12)10(6)11;1-4(2)5-3-11-7(9-5)6(8)10;;/h6-9H,1-5H3,(H,19,21);4-5H,11H2,1-3H3;3-4H,1-2H3;2*1H4. The Morgan fingerprint density at radius 3 is 1.57 bits per heavy atom. The van der Waals surface area contributed by atoms with E-state index in [0.717, 1.165) is 17.0 Å². The zero-order valence-corrected chi connectivity index (χ0v) is 30.6. The molecule has 0 saturated carbocycles. The number of nitrogens with zero attached hydrogens (tertiary/aromatic N) is 2. The smallest absolute Gasteiger partial charge is 0.284 e. The Labute approximate surface area is 303 Å². The summed E-state index contributed by atoms with van der Waals surface area (Å²) in [5.41, 5.74) is 11.1. The third-order valence-electron chi connectivity index (χ3n) is 6.91. The monoisotopic (exact) mass is 732 g/mol. The summed E-state index contributed by atoms with van der Waals surface area (Å²) in [4.78, 5) is 54.4. The molecule has 0 fully saturated rings. The van der Waals surface area contributed by atoms with Crippen LogP contribution in [0.4, 0.5) is 11.4 Å². The van der Waals surface area contributed by atoms with Gasteiger partial charge in [0.25, 0.3) is 11.1 Å². The zero-order valence-electron chi connectivity index (χ0n) is 28.2. The Morgan fingerprint density at radius 2 is 1.18 bits per heavy atom. The molecular formula is C36H49ClN4O6S2. The van der Waals surface area contributed by atoms with Gasteiger partial charge < -0.3 is 20.5 Å². The van der Waals surface area contributed by atoms with Crippen LogP contribution in [0.25, 0.3) is 0 Å². The Balaban J connectivity index is 0.000000755. The van der Waals surface area contributed by atoms with Crippen molar-refractivity contribution >= 4 is 68.4 Å². The first-order valence-electron chi connectivity index (χ1n) is 14.6. The van der Waals surface area contributed by atoms with Crippen LogP contribution in [0.1, 0.15) is 131 Å². The Morgan fingerprint density at radius 1 is 0.755 bits per heavy atom. The number of carbonyl (C=O) groups is 4. The maximum Gasteiger partial charge on any atom is 0.284 e. The highest BCUT2D eigenvalue weighted by molar-refractivity contribution is 7.13. The molecule has 0 unspecified atom stereocenters. The molecule has 0 radical (unpaired) electrons. The van der Waals surface area contributed by atoms with Gasteiger partial charge in [-0.25, -0.2) is 9.97 Å². The zero-order chi connectivity index (χ0) is 35.6. The average Bonchev–Trinajstić information content (AvgIpc) is 3.71. The highest BCUT2D eigenvalue weighted by Crippen LogP contribution is 2.31. The van der Waals surface area contributed by atoms with Crippen molar-refractivity contribution < 1.29 is 28.7 Å². The Kier molecular flexibility index (Phi) is 18.7. The van der Waals surface area contributed by atoms with Crippen LogP contribution in [0, 0.1) is 13.8 Å². The van der Waals surface area contributed by atoms with E-state index in [1.807, 2.05) is 52.3 Å². The number of thiazole rings is 2. The molecule has 1 amide bonds. The van der Waals surface area contributed by atoms with Gasteiger partial charge in [-0.3, -0.25) is 19.2 Å². The minimum Gasteiger partial charge on any atom is -0.496 e. The number of hydrogen-bond donors (Lipinski definition) is 2. The normalized spacial score (nSPS) is 9.98. The maximum atomic E-state index is 12.5. The van der Waals surface area contributed by atoms with Crippen molar-refractivity contribution in [3.63, 3.8) is 0 Å². The number of anilines is 2. The average molecular weight is 733 g/mol. The summed E-state index contributed by atoms with van der Waals surface area (Å²) in [5, 5.41) is 6.85. The first-order valence-corrected chi connectivity index (χ1v) is 16.7. The number of nitrogens with two attached hydrogens (primary N) is 1. The Bertz CT molecular complexity index is 1750. The van der Waals surface area contributed by atoms with Crippen LogP contribution in [0.5, 0.6) is 11.5 Å². The molecule has 0 bridgehead atoms. The van der Waals surface area contributed by atoms with E-state index in [-0.39, 0.29) is 38.2 Å². The molecular weight excluding hydrogens is 684 g/mol. The van der Waals surface area contributed by atoms with Crippen molar-refractivity contribution in [1.82, 2.24) is 9.97 Å². The number of methoxy groups -OCH3 is 2. The van der Waals surface area contributed by atoms with E-state index in [9.17, 15) is 19.2 Å². The van der Waals surface area contributed by atoms with Crippen LogP contribution >= 0.6 is 34.3 Å². The van der Waals surface area contributed by atoms with E-state index >= 15 is 0 Å². The molecule has 0 spiro atoms. The second kappa shape index (κ2) is 20.4. The molecule has 268 valence electrons. The lowest BCUT2D eigenvalue weighted by Gasteiger charge is -2.14. The number of Topliss-reactive ketones (excluding diaryl/α,β-unsaturated/α-hetero) is 2. The van der Waals surface area contributed by atoms with E-state index in [1.165, 1.54) is 36.5 Å². The number of benzene rings is 2.